The summed E-state index contributed by atoms with van der Waals surface area (Å²) in [5.41, 5.74) is 7.75. The Kier molecular flexibility index (Phi) is 5.22. The van der Waals surface area contributed by atoms with Crippen LogP contribution >= 0.6 is 0 Å². The quantitative estimate of drug-likeness (QED) is 0.676. The van der Waals surface area contributed by atoms with E-state index in [0.29, 0.717) is 12.5 Å². The van der Waals surface area contributed by atoms with Crippen molar-refractivity contribution in [3.05, 3.63) is 35.4 Å². The number of likely N-dealkylation sites (tertiary alicyclic amines) is 1. The number of piperidine rings is 1. The molecule has 0 saturated carbocycles. The minimum absolute atomic E-state index is 0.0440. The van der Waals surface area contributed by atoms with E-state index in [2.05, 4.69) is 9.89 Å². The Balaban J connectivity index is 2.08. The molecule has 0 aliphatic carbocycles. The standard InChI is InChI=1S/C15H23N3O2S/c1-21(19,20)12-14-8-4-3-7-13(14)11-17-15(16)18-9-5-2-6-10-18/h3-4,7-8H,2,5-6,9-12H2,1H3,(H2,16,17). The molecule has 1 aromatic carbocycles. The number of hydrogen-bond donors (Lipinski definition) is 1. The summed E-state index contributed by atoms with van der Waals surface area (Å²) in [4.78, 5) is 6.53. The first-order valence-electron chi connectivity index (χ1n) is 7.25. The highest BCUT2D eigenvalue weighted by atomic mass is 32.2. The molecule has 21 heavy (non-hydrogen) atoms. The Bertz CT molecular complexity index is 605. The molecule has 0 amide bonds. The third-order valence-electron chi connectivity index (χ3n) is 3.63. The van der Waals surface area contributed by atoms with Gasteiger partial charge in [-0.15, -0.1) is 0 Å². The van der Waals surface area contributed by atoms with Crippen molar-refractivity contribution in [1.29, 1.82) is 0 Å². The second-order valence-corrected chi connectivity index (χ2v) is 7.70. The summed E-state index contributed by atoms with van der Waals surface area (Å²) >= 11 is 0. The van der Waals surface area contributed by atoms with Crippen molar-refractivity contribution in [2.24, 2.45) is 10.7 Å². The predicted molar refractivity (Wildman–Crippen MR) is 85.7 cm³/mol. The number of aliphatic imine (C=N–C) groups is 1. The zero-order chi connectivity index (χ0) is 15.3. The van der Waals surface area contributed by atoms with E-state index in [0.717, 1.165) is 37.1 Å². The molecular weight excluding hydrogens is 286 g/mol. The summed E-state index contributed by atoms with van der Waals surface area (Å²) in [6, 6.07) is 7.49. The van der Waals surface area contributed by atoms with Crippen molar-refractivity contribution in [2.45, 2.75) is 31.6 Å². The largest absolute Gasteiger partial charge is 0.370 e. The number of hydrogen-bond acceptors (Lipinski definition) is 3. The predicted octanol–water partition coefficient (Wildman–Crippen LogP) is 1.53. The number of rotatable bonds is 4. The Morgan fingerprint density at radius 1 is 1.19 bits per heavy atom. The molecule has 0 radical (unpaired) electrons. The zero-order valence-corrected chi connectivity index (χ0v) is 13.3. The van der Waals surface area contributed by atoms with Gasteiger partial charge in [0, 0.05) is 19.3 Å². The van der Waals surface area contributed by atoms with Crippen molar-refractivity contribution in [3.8, 4) is 0 Å². The third kappa shape index (κ3) is 5.04. The van der Waals surface area contributed by atoms with Gasteiger partial charge in [-0.05, 0) is 30.4 Å². The summed E-state index contributed by atoms with van der Waals surface area (Å²) in [5.74, 6) is 0.603. The monoisotopic (exact) mass is 309 g/mol. The van der Waals surface area contributed by atoms with Crippen LogP contribution in [-0.2, 0) is 22.1 Å². The lowest BCUT2D eigenvalue weighted by Crippen LogP contribution is -2.40. The molecule has 5 nitrogen and oxygen atoms in total. The zero-order valence-electron chi connectivity index (χ0n) is 12.5. The number of nitrogens with zero attached hydrogens (tertiary/aromatic N) is 2. The second kappa shape index (κ2) is 6.93. The fourth-order valence-electron chi connectivity index (χ4n) is 2.52. The van der Waals surface area contributed by atoms with Crippen LogP contribution in [0.1, 0.15) is 30.4 Å². The van der Waals surface area contributed by atoms with E-state index in [4.69, 9.17) is 5.73 Å². The highest BCUT2D eigenvalue weighted by molar-refractivity contribution is 7.89. The normalized spacial score (nSPS) is 17.0. The Hall–Kier alpha value is -1.56. The highest BCUT2D eigenvalue weighted by Crippen LogP contribution is 2.14. The summed E-state index contributed by atoms with van der Waals surface area (Å²) in [5, 5.41) is 0. The van der Waals surface area contributed by atoms with Gasteiger partial charge in [-0.25, -0.2) is 13.4 Å². The van der Waals surface area contributed by atoms with E-state index in [9.17, 15) is 8.42 Å². The van der Waals surface area contributed by atoms with Crippen LogP contribution in [0.5, 0.6) is 0 Å². The maximum atomic E-state index is 11.5. The molecule has 1 aliphatic rings. The molecule has 6 heteroatoms. The van der Waals surface area contributed by atoms with E-state index in [1.807, 2.05) is 24.3 Å². The van der Waals surface area contributed by atoms with Crippen LogP contribution in [0.2, 0.25) is 0 Å². The van der Waals surface area contributed by atoms with Gasteiger partial charge in [0.2, 0.25) is 0 Å². The fourth-order valence-corrected chi connectivity index (χ4v) is 3.37. The molecule has 2 rings (SSSR count). The molecule has 0 aromatic heterocycles. The van der Waals surface area contributed by atoms with Crippen LogP contribution in [0.25, 0.3) is 0 Å². The first-order valence-corrected chi connectivity index (χ1v) is 9.31. The molecule has 0 atom stereocenters. The maximum Gasteiger partial charge on any atom is 0.191 e. The van der Waals surface area contributed by atoms with Crippen molar-refractivity contribution >= 4 is 15.8 Å². The van der Waals surface area contributed by atoms with Gasteiger partial charge in [-0.2, -0.15) is 0 Å². The van der Waals surface area contributed by atoms with Gasteiger partial charge >= 0.3 is 0 Å². The van der Waals surface area contributed by atoms with Crippen LogP contribution in [-0.4, -0.2) is 38.6 Å². The fraction of sp³-hybridized carbons (Fsp3) is 0.533. The average Bonchev–Trinajstić information content (AvgIpc) is 2.45. The van der Waals surface area contributed by atoms with Gasteiger partial charge in [-0.1, -0.05) is 24.3 Å². The van der Waals surface area contributed by atoms with Gasteiger partial charge in [0.25, 0.3) is 0 Å². The van der Waals surface area contributed by atoms with E-state index < -0.39 is 9.84 Å². The minimum Gasteiger partial charge on any atom is -0.370 e. The van der Waals surface area contributed by atoms with Crippen LogP contribution < -0.4 is 5.73 Å². The number of benzene rings is 1. The smallest absolute Gasteiger partial charge is 0.191 e. The Morgan fingerprint density at radius 3 is 2.43 bits per heavy atom. The van der Waals surface area contributed by atoms with Crippen molar-refractivity contribution < 1.29 is 8.42 Å². The van der Waals surface area contributed by atoms with E-state index in [1.165, 1.54) is 12.7 Å². The lowest BCUT2D eigenvalue weighted by atomic mass is 10.1. The molecule has 1 aliphatic heterocycles. The van der Waals surface area contributed by atoms with Crippen LogP contribution in [0.3, 0.4) is 0 Å². The second-order valence-electron chi connectivity index (χ2n) is 5.56. The van der Waals surface area contributed by atoms with Crippen LogP contribution in [0, 0.1) is 0 Å². The molecule has 1 heterocycles. The van der Waals surface area contributed by atoms with Gasteiger partial charge in [-0.3, -0.25) is 0 Å². The topological polar surface area (TPSA) is 75.8 Å². The lowest BCUT2D eigenvalue weighted by molar-refractivity contribution is 0.338. The van der Waals surface area contributed by atoms with Crippen molar-refractivity contribution in [1.82, 2.24) is 4.90 Å². The lowest BCUT2D eigenvalue weighted by Gasteiger charge is -2.27. The minimum atomic E-state index is -3.05. The molecule has 2 N–H and O–H groups in total. The summed E-state index contributed by atoms with van der Waals surface area (Å²) in [7, 11) is -3.05. The average molecular weight is 309 g/mol. The Morgan fingerprint density at radius 2 is 1.81 bits per heavy atom. The van der Waals surface area contributed by atoms with Crippen LogP contribution in [0.4, 0.5) is 0 Å². The summed E-state index contributed by atoms with van der Waals surface area (Å²) in [6.45, 7) is 2.34. The first kappa shape index (κ1) is 15.8. The SMILES string of the molecule is CS(=O)(=O)Cc1ccccc1CN=C(N)N1CCCCC1. The van der Waals surface area contributed by atoms with Gasteiger partial charge < -0.3 is 10.6 Å². The molecule has 1 aromatic rings. The van der Waals surface area contributed by atoms with Crippen LogP contribution in [0.15, 0.2) is 29.3 Å². The van der Waals surface area contributed by atoms with Gasteiger partial charge in [0.15, 0.2) is 15.8 Å². The molecule has 0 spiro atoms. The Labute approximate surface area is 126 Å². The molecule has 1 fully saturated rings. The molecule has 116 valence electrons. The number of nitrogens with two attached hydrogens (primary N) is 1. The highest BCUT2D eigenvalue weighted by Gasteiger charge is 2.12. The van der Waals surface area contributed by atoms with E-state index in [-0.39, 0.29) is 5.75 Å². The molecular formula is C15H23N3O2S. The third-order valence-corrected chi connectivity index (χ3v) is 4.46. The maximum absolute atomic E-state index is 11.5. The molecule has 0 unspecified atom stereocenters. The van der Waals surface area contributed by atoms with E-state index in [1.54, 1.807) is 0 Å². The summed E-state index contributed by atoms with van der Waals surface area (Å²) in [6.07, 6.45) is 4.80. The first-order chi connectivity index (χ1) is 9.96. The van der Waals surface area contributed by atoms with Gasteiger partial charge in [0.1, 0.15) is 0 Å². The number of sulfone groups is 1. The summed E-state index contributed by atoms with van der Waals surface area (Å²) < 4.78 is 22.9. The van der Waals surface area contributed by atoms with Gasteiger partial charge in [0.05, 0.1) is 12.3 Å². The number of guanidine groups is 1. The van der Waals surface area contributed by atoms with Crippen molar-refractivity contribution in [2.75, 3.05) is 19.3 Å². The molecule has 0 bridgehead atoms. The molecule has 1 saturated heterocycles. The van der Waals surface area contributed by atoms with E-state index >= 15 is 0 Å². The van der Waals surface area contributed by atoms with Crippen molar-refractivity contribution in [3.63, 3.8) is 0 Å².